The number of aromatic nitrogens is 2. The van der Waals surface area contributed by atoms with Crippen LogP contribution in [0.4, 0.5) is 0 Å². The average molecular weight is 437 g/mol. The fourth-order valence-corrected chi connectivity index (χ4v) is 4.08. The number of nitrogens with one attached hydrogen (secondary N) is 1. The van der Waals surface area contributed by atoms with Gasteiger partial charge in [-0.2, -0.15) is 0 Å². The molecule has 1 aromatic heterocycles. The van der Waals surface area contributed by atoms with Gasteiger partial charge in [-0.3, -0.25) is 23.6 Å². The van der Waals surface area contributed by atoms with E-state index in [0.717, 1.165) is 48.5 Å². The highest BCUT2D eigenvalue weighted by molar-refractivity contribution is 5.81. The molecule has 1 aliphatic heterocycles. The van der Waals surface area contributed by atoms with Crippen molar-refractivity contribution in [3.05, 3.63) is 80.5 Å². The lowest BCUT2D eigenvalue weighted by atomic mass is 10.1. The Labute approximate surface area is 186 Å². The van der Waals surface area contributed by atoms with Gasteiger partial charge in [0, 0.05) is 32.7 Å². The van der Waals surface area contributed by atoms with Crippen LogP contribution in [0.15, 0.2) is 58.1 Å². The third-order valence-electron chi connectivity index (χ3n) is 5.84. The first-order valence-electron chi connectivity index (χ1n) is 10.9. The summed E-state index contributed by atoms with van der Waals surface area (Å²) in [5, 5.41) is 3.37. The molecule has 1 amide bonds. The van der Waals surface area contributed by atoms with Crippen molar-refractivity contribution in [2.75, 3.05) is 26.3 Å². The highest BCUT2D eigenvalue weighted by Gasteiger charge is 2.16. The summed E-state index contributed by atoms with van der Waals surface area (Å²) in [5.41, 5.74) is 1.87. The zero-order chi connectivity index (χ0) is 22.5. The number of hydrogen-bond donors (Lipinski definition) is 1. The molecule has 8 nitrogen and oxygen atoms in total. The Balaban J connectivity index is 1.51. The predicted octanol–water partition coefficient (Wildman–Crippen LogP) is 1.33. The van der Waals surface area contributed by atoms with Gasteiger partial charge in [-0.1, -0.05) is 36.4 Å². The topological polar surface area (TPSA) is 85.6 Å². The molecule has 3 aromatic rings. The van der Waals surface area contributed by atoms with E-state index in [1.165, 1.54) is 4.57 Å². The van der Waals surface area contributed by atoms with Crippen LogP contribution in [-0.4, -0.2) is 46.2 Å². The van der Waals surface area contributed by atoms with Crippen LogP contribution in [0.5, 0.6) is 0 Å². The summed E-state index contributed by atoms with van der Waals surface area (Å²) in [6, 6.07) is 14.9. The maximum atomic E-state index is 12.9. The van der Waals surface area contributed by atoms with Crippen molar-refractivity contribution in [1.29, 1.82) is 0 Å². The Hall–Kier alpha value is -3.23. The number of nitrogens with zero attached hydrogens (tertiary/aromatic N) is 3. The molecule has 4 rings (SSSR count). The zero-order valence-electron chi connectivity index (χ0n) is 18.3. The maximum absolute atomic E-state index is 12.9. The molecule has 1 fully saturated rings. The number of fused-ring (bicyclic) bond motifs is 1. The molecule has 2 heterocycles. The molecule has 0 aliphatic carbocycles. The molecule has 1 saturated heterocycles. The average Bonchev–Trinajstić information content (AvgIpc) is 2.82. The molecule has 8 heteroatoms. The van der Waals surface area contributed by atoms with E-state index in [-0.39, 0.29) is 24.6 Å². The number of hydrogen-bond acceptors (Lipinski definition) is 5. The van der Waals surface area contributed by atoms with Gasteiger partial charge in [0.1, 0.15) is 6.54 Å². The van der Waals surface area contributed by atoms with Gasteiger partial charge in [-0.15, -0.1) is 0 Å². The number of benzene rings is 2. The van der Waals surface area contributed by atoms with Gasteiger partial charge in [0.05, 0.1) is 24.1 Å². The number of morpholine rings is 1. The van der Waals surface area contributed by atoms with Crippen molar-refractivity contribution >= 4 is 16.8 Å². The van der Waals surface area contributed by atoms with E-state index in [2.05, 4.69) is 16.3 Å². The summed E-state index contributed by atoms with van der Waals surface area (Å²) in [6.45, 7) is 6.29. The van der Waals surface area contributed by atoms with Gasteiger partial charge in [0.15, 0.2) is 0 Å². The van der Waals surface area contributed by atoms with Crippen LogP contribution < -0.4 is 16.6 Å². The molecule has 0 radical (unpaired) electrons. The number of carbonyl (C=O) groups is 1. The maximum Gasteiger partial charge on any atom is 0.331 e. The lowest BCUT2D eigenvalue weighted by Gasteiger charge is -2.27. The summed E-state index contributed by atoms with van der Waals surface area (Å²) < 4.78 is 7.95. The van der Waals surface area contributed by atoms with Gasteiger partial charge in [0.25, 0.3) is 5.56 Å². The number of para-hydroxylation sites is 1. The first-order chi connectivity index (χ1) is 15.6. The second-order valence-corrected chi connectivity index (χ2v) is 7.87. The summed E-state index contributed by atoms with van der Waals surface area (Å²) in [4.78, 5) is 40.5. The van der Waals surface area contributed by atoms with E-state index in [9.17, 15) is 14.4 Å². The van der Waals surface area contributed by atoms with Gasteiger partial charge >= 0.3 is 5.69 Å². The standard InChI is InChI=1S/C24H28N4O4/c1-2-27-23(30)20-9-5-6-10-21(20)28(24(27)31)17-22(29)25-15-18-7-3-4-8-19(18)16-26-11-13-32-14-12-26/h3-10H,2,11-17H2,1H3,(H,25,29). The second kappa shape index (κ2) is 9.93. The summed E-state index contributed by atoms with van der Waals surface area (Å²) in [6.07, 6.45) is 0. The van der Waals surface area contributed by atoms with Crippen LogP contribution in [-0.2, 0) is 35.7 Å². The number of ether oxygens (including phenoxy) is 1. The van der Waals surface area contributed by atoms with Crippen molar-refractivity contribution < 1.29 is 9.53 Å². The minimum Gasteiger partial charge on any atom is -0.379 e. The highest BCUT2D eigenvalue weighted by Crippen LogP contribution is 2.13. The smallest absolute Gasteiger partial charge is 0.331 e. The minimum absolute atomic E-state index is 0.148. The summed E-state index contributed by atoms with van der Waals surface area (Å²) >= 11 is 0. The molecule has 0 spiro atoms. The van der Waals surface area contributed by atoms with E-state index in [1.54, 1.807) is 31.2 Å². The molecule has 168 valence electrons. The van der Waals surface area contributed by atoms with Crippen molar-refractivity contribution in [2.45, 2.75) is 33.1 Å². The van der Waals surface area contributed by atoms with Crippen molar-refractivity contribution in [1.82, 2.24) is 19.4 Å². The molecule has 0 atom stereocenters. The molecular weight excluding hydrogens is 408 g/mol. The summed E-state index contributed by atoms with van der Waals surface area (Å²) in [5.74, 6) is -0.278. The molecular formula is C24H28N4O4. The molecule has 0 unspecified atom stereocenters. The number of carbonyl (C=O) groups excluding carboxylic acids is 1. The van der Waals surface area contributed by atoms with Crippen LogP contribution in [0.3, 0.4) is 0 Å². The summed E-state index contributed by atoms with van der Waals surface area (Å²) in [7, 11) is 0. The minimum atomic E-state index is -0.473. The zero-order valence-corrected chi connectivity index (χ0v) is 18.3. The van der Waals surface area contributed by atoms with Crippen LogP contribution in [0.2, 0.25) is 0 Å². The van der Waals surface area contributed by atoms with Crippen molar-refractivity contribution in [2.24, 2.45) is 0 Å². The van der Waals surface area contributed by atoms with Crippen molar-refractivity contribution in [3.8, 4) is 0 Å². The molecule has 0 bridgehead atoms. The van der Waals surface area contributed by atoms with Crippen LogP contribution >= 0.6 is 0 Å². The van der Waals surface area contributed by atoms with E-state index in [4.69, 9.17) is 4.74 Å². The lowest BCUT2D eigenvalue weighted by Crippen LogP contribution is -2.42. The molecule has 0 saturated carbocycles. The SMILES string of the molecule is CCn1c(=O)c2ccccc2n(CC(=O)NCc2ccccc2CN2CCOCC2)c1=O. The Morgan fingerprint density at radius 1 is 0.969 bits per heavy atom. The molecule has 1 N–H and O–H groups in total. The quantitative estimate of drug-likeness (QED) is 0.604. The molecule has 1 aliphatic rings. The van der Waals surface area contributed by atoms with Crippen LogP contribution in [0, 0.1) is 0 Å². The number of rotatable bonds is 7. The largest absolute Gasteiger partial charge is 0.379 e. The third kappa shape index (κ3) is 4.66. The fourth-order valence-electron chi connectivity index (χ4n) is 4.08. The Bertz CT molecular complexity index is 1220. The first-order valence-corrected chi connectivity index (χ1v) is 10.9. The number of amides is 1. The van der Waals surface area contributed by atoms with E-state index >= 15 is 0 Å². The normalized spacial score (nSPS) is 14.5. The van der Waals surface area contributed by atoms with Crippen LogP contribution in [0.25, 0.3) is 10.9 Å². The Kier molecular flexibility index (Phi) is 6.82. The van der Waals surface area contributed by atoms with E-state index < -0.39 is 5.69 Å². The highest BCUT2D eigenvalue weighted by atomic mass is 16.5. The predicted molar refractivity (Wildman–Crippen MR) is 123 cm³/mol. The molecule has 32 heavy (non-hydrogen) atoms. The molecule has 2 aromatic carbocycles. The van der Waals surface area contributed by atoms with E-state index in [1.807, 2.05) is 18.2 Å². The first kappa shape index (κ1) is 22.0. The third-order valence-corrected chi connectivity index (χ3v) is 5.84. The second-order valence-electron chi connectivity index (χ2n) is 7.87. The lowest BCUT2D eigenvalue weighted by molar-refractivity contribution is -0.121. The monoisotopic (exact) mass is 436 g/mol. The van der Waals surface area contributed by atoms with Gasteiger partial charge in [-0.05, 0) is 30.2 Å². The van der Waals surface area contributed by atoms with Crippen molar-refractivity contribution in [3.63, 3.8) is 0 Å². The van der Waals surface area contributed by atoms with Crippen LogP contribution in [0.1, 0.15) is 18.1 Å². The Morgan fingerprint density at radius 3 is 2.41 bits per heavy atom. The fraction of sp³-hybridized carbons (Fsp3) is 0.375. The Morgan fingerprint density at radius 2 is 1.66 bits per heavy atom. The van der Waals surface area contributed by atoms with Gasteiger partial charge in [0.2, 0.25) is 5.91 Å². The van der Waals surface area contributed by atoms with Gasteiger partial charge in [-0.25, -0.2) is 4.79 Å². The van der Waals surface area contributed by atoms with E-state index in [0.29, 0.717) is 17.4 Å². The van der Waals surface area contributed by atoms with Gasteiger partial charge < -0.3 is 10.1 Å².